The molecule has 0 aromatic heterocycles. The van der Waals surface area contributed by atoms with Gasteiger partial charge in [0.15, 0.2) is 5.11 Å². The van der Waals surface area contributed by atoms with Gasteiger partial charge in [0.1, 0.15) is 0 Å². The van der Waals surface area contributed by atoms with Crippen LogP contribution in [0.15, 0.2) is 0 Å². The molecule has 0 saturated carbocycles. The van der Waals surface area contributed by atoms with E-state index in [0.717, 1.165) is 0 Å². The van der Waals surface area contributed by atoms with Crippen molar-refractivity contribution in [1.29, 1.82) is 0 Å². The summed E-state index contributed by atoms with van der Waals surface area (Å²) < 4.78 is 0. The van der Waals surface area contributed by atoms with E-state index < -0.39 is 11.7 Å². The third-order valence-electron chi connectivity index (χ3n) is 0.874. The van der Waals surface area contributed by atoms with Crippen LogP contribution in [0.2, 0.25) is 0 Å². The Labute approximate surface area is 69.3 Å². The molecule has 6 heteroatoms. The van der Waals surface area contributed by atoms with E-state index in [9.17, 15) is 9.59 Å². The molecule has 0 aromatic carbocycles. The number of carbonyl (C=O) groups excluding carboxylic acids is 2. The first-order chi connectivity index (χ1) is 5.07. The van der Waals surface area contributed by atoms with E-state index in [0.29, 0.717) is 0 Å². The summed E-state index contributed by atoms with van der Waals surface area (Å²) in [5.74, 6) is -1.26. The molecule has 0 bridgehead atoms. The van der Waals surface area contributed by atoms with Gasteiger partial charge in [-0.1, -0.05) is 6.92 Å². The zero-order valence-electron chi connectivity index (χ0n) is 6.01. The maximum absolute atomic E-state index is 10.6. The van der Waals surface area contributed by atoms with Crippen LogP contribution in [-0.2, 0) is 9.59 Å². The molecule has 0 aliphatic rings. The van der Waals surface area contributed by atoms with Crippen molar-refractivity contribution in [3.8, 4) is 0 Å². The van der Waals surface area contributed by atoms with Crippen LogP contribution < -0.4 is 16.6 Å². The lowest BCUT2D eigenvalue weighted by Crippen LogP contribution is -2.46. The van der Waals surface area contributed by atoms with Crippen molar-refractivity contribution < 1.29 is 9.59 Å². The highest BCUT2D eigenvalue weighted by molar-refractivity contribution is 7.80. The average Bonchev–Trinajstić information content (AvgIpc) is 1.98. The molecule has 0 radical (unpaired) electrons. The fourth-order valence-electron chi connectivity index (χ4n) is 0.349. The summed E-state index contributed by atoms with van der Waals surface area (Å²) >= 11 is 4.38. The number of carbonyl (C=O) groups is 2. The molecule has 0 spiro atoms. The third kappa shape index (κ3) is 4.26. The fourth-order valence-corrected chi connectivity index (χ4v) is 0.400. The largest absolute Gasteiger partial charge is 0.375 e. The van der Waals surface area contributed by atoms with Gasteiger partial charge < -0.3 is 5.73 Å². The Kier molecular flexibility index (Phi) is 4.12. The highest BCUT2D eigenvalue weighted by Gasteiger charge is 2.09. The number of nitrogens with two attached hydrogens (primary N) is 1. The van der Waals surface area contributed by atoms with Crippen molar-refractivity contribution in [2.75, 3.05) is 0 Å². The summed E-state index contributed by atoms with van der Waals surface area (Å²) in [6.07, 6.45) is 0.158. The predicted octanol–water partition coefficient (Wildman–Crippen LogP) is -1.17. The van der Waals surface area contributed by atoms with Gasteiger partial charge in [0.05, 0.1) is 0 Å². The van der Waals surface area contributed by atoms with Crippen molar-refractivity contribution in [2.24, 2.45) is 5.73 Å². The molecule has 62 valence electrons. The molecule has 0 unspecified atom stereocenters. The molecule has 0 aliphatic heterocycles. The van der Waals surface area contributed by atoms with E-state index in [-0.39, 0.29) is 11.5 Å². The maximum Gasteiger partial charge on any atom is 0.305 e. The number of amides is 1. The average molecular weight is 175 g/mol. The van der Waals surface area contributed by atoms with Crippen LogP contribution in [0.5, 0.6) is 0 Å². The van der Waals surface area contributed by atoms with Gasteiger partial charge in [0.25, 0.3) is 0 Å². The molecular formula is C5H9N3O2S. The van der Waals surface area contributed by atoms with Crippen LogP contribution in [0.1, 0.15) is 13.3 Å². The minimum Gasteiger partial charge on any atom is -0.375 e. The van der Waals surface area contributed by atoms with Crippen molar-refractivity contribution in [3.63, 3.8) is 0 Å². The van der Waals surface area contributed by atoms with Crippen molar-refractivity contribution >= 4 is 29.0 Å². The normalized spacial score (nSPS) is 8.45. The molecule has 0 saturated heterocycles. The number of nitrogens with one attached hydrogen (secondary N) is 2. The van der Waals surface area contributed by atoms with Crippen LogP contribution in [0, 0.1) is 0 Å². The maximum atomic E-state index is 10.6. The predicted molar refractivity (Wildman–Crippen MR) is 43.4 cm³/mol. The van der Waals surface area contributed by atoms with Gasteiger partial charge >= 0.3 is 5.91 Å². The number of hydrogen-bond donors (Lipinski definition) is 3. The van der Waals surface area contributed by atoms with Gasteiger partial charge in [0, 0.05) is 6.42 Å². The second-order valence-corrected chi connectivity index (χ2v) is 2.16. The molecule has 0 atom stereocenters. The third-order valence-corrected chi connectivity index (χ3v) is 0.976. The second-order valence-electron chi connectivity index (χ2n) is 1.72. The number of Topliss-reactive ketones (excluding diaryl/α,β-unsaturated/α-hetero) is 1. The van der Waals surface area contributed by atoms with E-state index in [1.165, 1.54) is 0 Å². The van der Waals surface area contributed by atoms with Crippen molar-refractivity contribution in [1.82, 2.24) is 10.9 Å². The van der Waals surface area contributed by atoms with E-state index >= 15 is 0 Å². The van der Waals surface area contributed by atoms with Crippen molar-refractivity contribution in [2.45, 2.75) is 13.3 Å². The van der Waals surface area contributed by atoms with Crippen LogP contribution in [0.4, 0.5) is 0 Å². The highest BCUT2D eigenvalue weighted by atomic mass is 32.1. The van der Waals surface area contributed by atoms with Gasteiger partial charge in [-0.15, -0.1) is 0 Å². The van der Waals surface area contributed by atoms with E-state index in [2.05, 4.69) is 17.6 Å². The molecule has 11 heavy (non-hydrogen) atoms. The molecule has 0 aliphatic carbocycles. The molecule has 0 heterocycles. The van der Waals surface area contributed by atoms with Gasteiger partial charge in [-0.2, -0.15) is 0 Å². The summed E-state index contributed by atoms with van der Waals surface area (Å²) in [7, 11) is 0. The topological polar surface area (TPSA) is 84.2 Å². The number of thiocarbonyl (C=S) groups is 1. The summed E-state index contributed by atoms with van der Waals surface area (Å²) in [6, 6.07) is 0. The van der Waals surface area contributed by atoms with Crippen LogP contribution in [0.3, 0.4) is 0 Å². The van der Waals surface area contributed by atoms with E-state index in [1.807, 2.05) is 5.43 Å². The first-order valence-corrected chi connectivity index (χ1v) is 3.37. The molecule has 5 nitrogen and oxygen atoms in total. The summed E-state index contributed by atoms with van der Waals surface area (Å²) in [4.78, 5) is 21.2. The molecule has 0 rings (SSSR count). The summed E-state index contributed by atoms with van der Waals surface area (Å²) in [5.41, 5.74) is 9.15. The smallest absolute Gasteiger partial charge is 0.305 e. The molecule has 0 aromatic rings. The van der Waals surface area contributed by atoms with Gasteiger partial charge in [0.2, 0.25) is 5.78 Å². The van der Waals surface area contributed by atoms with Gasteiger partial charge in [-0.25, -0.2) is 0 Å². The monoisotopic (exact) mass is 175 g/mol. The lowest BCUT2D eigenvalue weighted by atomic mass is 10.3. The lowest BCUT2D eigenvalue weighted by molar-refractivity contribution is -0.138. The Morgan fingerprint density at radius 2 is 2.00 bits per heavy atom. The number of hydrogen-bond acceptors (Lipinski definition) is 3. The van der Waals surface area contributed by atoms with E-state index in [4.69, 9.17) is 5.73 Å². The minimum absolute atomic E-state index is 0.0812. The zero-order valence-corrected chi connectivity index (χ0v) is 6.83. The molecule has 4 N–H and O–H groups in total. The quantitative estimate of drug-likeness (QED) is 0.280. The summed E-state index contributed by atoms with van der Waals surface area (Å²) in [6.45, 7) is 1.59. The Hall–Kier alpha value is -1.17. The number of ketones is 1. The Morgan fingerprint density at radius 1 is 1.45 bits per heavy atom. The Morgan fingerprint density at radius 3 is 2.36 bits per heavy atom. The lowest BCUT2D eigenvalue weighted by Gasteiger charge is -2.03. The van der Waals surface area contributed by atoms with Crippen LogP contribution in [0.25, 0.3) is 0 Å². The number of rotatable bonds is 2. The zero-order chi connectivity index (χ0) is 8.85. The van der Waals surface area contributed by atoms with E-state index in [1.54, 1.807) is 6.92 Å². The molecular weight excluding hydrogens is 166 g/mol. The van der Waals surface area contributed by atoms with Gasteiger partial charge in [-0.3, -0.25) is 20.4 Å². The Balaban J connectivity index is 3.70. The first-order valence-electron chi connectivity index (χ1n) is 2.96. The fraction of sp³-hybridized carbons (Fsp3) is 0.400. The van der Waals surface area contributed by atoms with Crippen molar-refractivity contribution in [3.05, 3.63) is 0 Å². The first kappa shape index (κ1) is 9.83. The second kappa shape index (κ2) is 4.62. The number of hydrazine groups is 1. The highest BCUT2D eigenvalue weighted by Crippen LogP contribution is 1.77. The Bertz CT molecular complexity index is 192. The molecule has 0 fully saturated rings. The van der Waals surface area contributed by atoms with Crippen LogP contribution >= 0.6 is 12.2 Å². The summed E-state index contributed by atoms with van der Waals surface area (Å²) in [5, 5.41) is -0.0812. The minimum atomic E-state index is -0.736. The standard InChI is InChI=1S/C5H9N3O2S/c1-2-3(9)4(10)7-8-5(6)11/h2H2,1H3,(H,7,10)(H3,6,8,11). The SMILES string of the molecule is CCC(=O)C(=O)NNC(N)=S. The van der Waals surface area contributed by atoms with Crippen LogP contribution in [-0.4, -0.2) is 16.8 Å². The molecule has 1 amide bonds. The van der Waals surface area contributed by atoms with Gasteiger partial charge in [-0.05, 0) is 12.2 Å².